The van der Waals surface area contributed by atoms with Gasteiger partial charge in [-0.2, -0.15) is 18.1 Å². The van der Waals surface area contributed by atoms with Crippen molar-refractivity contribution in [1.29, 1.82) is 0 Å². The Balaban J connectivity index is 1.21. The van der Waals surface area contributed by atoms with Crippen molar-refractivity contribution in [3.05, 3.63) is 29.3 Å². The van der Waals surface area contributed by atoms with Gasteiger partial charge in [-0.3, -0.25) is 28.0 Å². The van der Waals surface area contributed by atoms with Crippen LogP contribution in [0.15, 0.2) is 23.8 Å². The molecule has 3 saturated heterocycles. The van der Waals surface area contributed by atoms with Gasteiger partial charge in [0.2, 0.25) is 5.95 Å². The number of nitrogens with zero attached hydrogens (tertiary/aromatic N) is 7. The van der Waals surface area contributed by atoms with Crippen LogP contribution in [0.5, 0.6) is 0 Å². The van der Waals surface area contributed by atoms with Crippen LogP contribution in [0.1, 0.15) is 12.5 Å². The highest BCUT2D eigenvalue weighted by atomic mass is 32.2. The lowest BCUT2D eigenvalue weighted by atomic mass is 10.1. The van der Waals surface area contributed by atoms with E-state index in [4.69, 9.17) is 34.2 Å². The first-order valence-corrected chi connectivity index (χ1v) is 15.9. The molecular formula is C20H24N11O12PS. The second-order valence-electron chi connectivity index (χ2n) is 10.2. The molecule has 0 spiro atoms. The number of H-pyrrole nitrogens is 1. The lowest BCUT2D eigenvalue weighted by molar-refractivity contribution is -0.0542. The van der Waals surface area contributed by atoms with Crippen molar-refractivity contribution in [2.24, 2.45) is 0 Å². The highest BCUT2D eigenvalue weighted by Gasteiger charge is 2.53. The standard InChI is InChI=1S/C20H24N11O12PS/c21-14-8-15(24-3-23-14)30(4-25-8)18-11(33)12-6(40-18)1-27-45(37,38)43-13-10(32)7(2-39-44(35,36)42-12)41-19(13)31-5-26-9-16(31)28-20(22)29-17(9)34/h3-7,10-13,18-19,27,32-33H,1-2H2,(H,35,36)(H2,21,23,24)(H3,22,28,29,34)/t6-,7-,10?,11+,12?,13+,18-,19-/m1/s1. The molecule has 25 heteroatoms. The summed E-state index contributed by atoms with van der Waals surface area (Å²) >= 11 is 0. The summed E-state index contributed by atoms with van der Waals surface area (Å²) < 4.78 is 71.2. The van der Waals surface area contributed by atoms with Gasteiger partial charge in [-0.1, -0.05) is 0 Å². The van der Waals surface area contributed by atoms with Crippen LogP contribution < -0.4 is 21.7 Å². The number of phosphoric acid groups is 1. The van der Waals surface area contributed by atoms with Gasteiger partial charge in [-0.25, -0.2) is 28.7 Å². The summed E-state index contributed by atoms with van der Waals surface area (Å²) in [5.74, 6) is -0.249. The molecule has 45 heavy (non-hydrogen) atoms. The second-order valence-corrected chi connectivity index (χ2v) is 13.0. The number of hydrogen-bond donors (Lipinski definition) is 7. The zero-order valence-corrected chi connectivity index (χ0v) is 24.1. The second kappa shape index (κ2) is 10.7. The van der Waals surface area contributed by atoms with Crippen molar-refractivity contribution in [3.8, 4) is 0 Å². The van der Waals surface area contributed by atoms with Gasteiger partial charge >= 0.3 is 18.1 Å². The number of nitrogens with two attached hydrogens (primary N) is 2. The molecule has 0 radical (unpaired) electrons. The molecule has 0 aliphatic carbocycles. The van der Waals surface area contributed by atoms with Gasteiger partial charge < -0.3 is 36.0 Å². The van der Waals surface area contributed by atoms with E-state index in [9.17, 15) is 32.9 Å². The first kappa shape index (κ1) is 30.0. The van der Waals surface area contributed by atoms with E-state index in [1.165, 1.54) is 10.9 Å². The SMILES string of the molecule is Nc1nc2c(ncn2[C@@H]2O[C@@H]3COP(=O)(O)OC4[C@@H](CNS(=O)(=O)O[C@H]2C3O)O[C@@H](n2cnc3c(N)ncnc32)[C@H]4O)c(=O)[nH]1. The third-order valence-electron chi connectivity index (χ3n) is 7.36. The molecule has 7 heterocycles. The summed E-state index contributed by atoms with van der Waals surface area (Å²) in [5, 5.41) is 22.1. The van der Waals surface area contributed by atoms with E-state index in [1.54, 1.807) is 0 Å². The van der Waals surface area contributed by atoms with Crippen LogP contribution in [0.25, 0.3) is 22.3 Å². The third kappa shape index (κ3) is 5.24. The number of aromatic nitrogens is 8. The number of phosphoric ester groups is 1. The number of rotatable bonds is 2. The number of anilines is 2. The minimum atomic E-state index is -5.06. The summed E-state index contributed by atoms with van der Waals surface area (Å²) in [4.78, 5) is 45.1. The van der Waals surface area contributed by atoms with E-state index in [0.29, 0.717) is 0 Å². The van der Waals surface area contributed by atoms with Crippen molar-refractivity contribution in [2.45, 2.75) is 49.1 Å². The predicted molar refractivity (Wildman–Crippen MR) is 145 cm³/mol. The summed E-state index contributed by atoms with van der Waals surface area (Å²) in [6, 6.07) is 0. The average Bonchev–Trinajstić information content (AvgIpc) is 3.72. The monoisotopic (exact) mass is 673 g/mol. The summed E-state index contributed by atoms with van der Waals surface area (Å²) in [5.41, 5.74) is 10.8. The fourth-order valence-electron chi connectivity index (χ4n) is 5.33. The van der Waals surface area contributed by atoms with Gasteiger partial charge in [0.15, 0.2) is 41.2 Å². The number of imidazole rings is 2. The van der Waals surface area contributed by atoms with Gasteiger partial charge in [0, 0.05) is 6.54 Å². The van der Waals surface area contributed by atoms with E-state index in [-0.39, 0.29) is 34.1 Å². The van der Waals surface area contributed by atoms with Gasteiger partial charge in [0.05, 0.1) is 19.3 Å². The molecule has 0 amide bonds. The molecule has 3 aliphatic rings. The minimum Gasteiger partial charge on any atom is -0.387 e. The lowest BCUT2D eigenvalue weighted by Crippen LogP contribution is -2.44. The molecule has 23 nitrogen and oxygen atoms in total. The Morgan fingerprint density at radius 2 is 1.67 bits per heavy atom. The van der Waals surface area contributed by atoms with Gasteiger partial charge in [0.25, 0.3) is 5.56 Å². The van der Waals surface area contributed by atoms with Crippen molar-refractivity contribution < 1.29 is 50.8 Å². The minimum absolute atomic E-state index is 0.0373. The van der Waals surface area contributed by atoms with Crippen LogP contribution in [0.2, 0.25) is 0 Å². The van der Waals surface area contributed by atoms with Crippen LogP contribution in [0, 0.1) is 0 Å². The number of aliphatic hydroxyl groups excluding tert-OH is 2. The fourth-order valence-corrected chi connectivity index (χ4v) is 7.23. The fraction of sp³-hybridized carbons (Fsp3) is 0.500. The molecule has 4 aromatic heterocycles. The molecule has 3 aliphatic heterocycles. The molecule has 9 N–H and O–H groups in total. The van der Waals surface area contributed by atoms with Crippen molar-refractivity contribution in [3.63, 3.8) is 0 Å². The molecule has 0 aromatic carbocycles. The van der Waals surface area contributed by atoms with E-state index >= 15 is 0 Å². The average molecular weight is 674 g/mol. The topological polar surface area (TPSA) is 329 Å². The van der Waals surface area contributed by atoms with Crippen LogP contribution in [-0.2, 0) is 37.6 Å². The number of nitrogens with one attached hydrogen (secondary N) is 2. The molecule has 0 saturated carbocycles. The van der Waals surface area contributed by atoms with Crippen molar-refractivity contribution in [1.82, 2.24) is 43.8 Å². The zero-order chi connectivity index (χ0) is 31.8. The summed E-state index contributed by atoms with van der Waals surface area (Å²) in [6.07, 6.45) is -9.11. The number of nitrogen functional groups attached to an aromatic ring is 2. The van der Waals surface area contributed by atoms with Crippen LogP contribution in [0.3, 0.4) is 0 Å². The predicted octanol–water partition coefficient (Wildman–Crippen LogP) is -3.62. The smallest absolute Gasteiger partial charge is 0.387 e. The van der Waals surface area contributed by atoms with Gasteiger partial charge in [0.1, 0.15) is 42.4 Å². The van der Waals surface area contributed by atoms with Crippen LogP contribution in [-0.4, -0.2) is 112 Å². The molecule has 9 atom stereocenters. The molecule has 4 aromatic rings. The molecular weight excluding hydrogens is 649 g/mol. The Morgan fingerprint density at radius 1 is 0.956 bits per heavy atom. The number of hydrogen-bond acceptors (Lipinski definition) is 18. The highest BCUT2D eigenvalue weighted by molar-refractivity contribution is 7.84. The van der Waals surface area contributed by atoms with Gasteiger partial charge in [-0.15, -0.1) is 0 Å². The van der Waals surface area contributed by atoms with Crippen molar-refractivity contribution >= 4 is 52.2 Å². The number of aliphatic hydroxyl groups is 2. The Kier molecular flexibility index (Phi) is 7.13. The van der Waals surface area contributed by atoms with E-state index in [2.05, 4.69) is 34.6 Å². The molecule has 3 fully saturated rings. The highest BCUT2D eigenvalue weighted by Crippen LogP contribution is 2.49. The molecule has 3 unspecified atom stereocenters. The van der Waals surface area contributed by atoms with Crippen LogP contribution in [0.4, 0.5) is 11.8 Å². The number of fused-ring (bicyclic) bond motifs is 5. The Labute approximate surface area is 250 Å². The zero-order valence-electron chi connectivity index (χ0n) is 22.4. The Bertz CT molecular complexity index is 2000. The summed E-state index contributed by atoms with van der Waals surface area (Å²) in [7, 11) is -9.82. The van der Waals surface area contributed by atoms with Crippen LogP contribution >= 0.6 is 7.82 Å². The molecule has 2 bridgehead atoms. The molecule has 242 valence electrons. The maximum absolute atomic E-state index is 13.2. The lowest BCUT2D eigenvalue weighted by Gasteiger charge is -2.24. The summed E-state index contributed by atoms with van der Waals surface area (Å²) in [6.45, 7) is -1.48. The Morgan fingerprint density at radius 3 is 2.44 bits per heavy atom. The van der Waals surface area contributed by atoms with Crippen molar-refractivity contribution in [2.75, 3.05) is 24.6 Å². The van der Waals surface area contributed by atoms with E-state index in [0.717, 1.165) is 17.2 Å². The maximum atomic E-state index is 13.2. The Hall–Kier alpha value is -3.68. The number of aromatic amines is 1. The quantitative estimate of drug-likeness (QED) is 0.101. The van der Waals surface area contributed by atoms with E-state index in [1.807, 2.05) is 0 Å². The largest absolute Gasteiger partial charge is 0.472 e. The number of ether oxygens (including phenoxy) is 2. The normalized spacial score (nSPS) is 35.5. The first-order chi connectivity index (χ1) is 21.3. The first-order valence-electron chi connectivity index (χ1n) is 13.0. The third-order valence-corrected chi connectivity index (χ3v) is 9.35. The van der Waals surface area contributed by atoms with E-state index < -0.39 is 85.9 Å². The molecule has 7 rings (SSSR count). The maximum Gasteiger partial charge on any atom is 0.472 e. The van der Waals surface area contributed by atoms with Gasteiger partial charge in [-0.05, 0) is 0 Å².